The molecule has 2 atom stereocenters. The predicted molar refractivity (Wildman–Crippen MR) is 109 cm³/mol. The molecule has 0 bridgehead atoms. The predicted octanol–water partition coefficient (Wildman–Crippen LogP) is 4.40. The van der Waals surface area contributed by atoms with Crippen molar-refractivity contribution >= 4 is 17.2 Å². The molecule has 25 heavy (non-hydrogen) atoms. The summed E-state index contributed by atoms with van der Waals surface area (Å²) >= 11 is 6.16. The lowest BCUT2D eigenvalue weighted by molar-refractivity contribution is 0.0723. The van der Waals surface area contributed by atoms with Crippen LogP contribution in [0.1, 0.15) is 52.1 Å². The third kappa shape index (κ3) is 3.52. The number of rotatable bonds is 5. The minimum Gasteiger partial charge on any atom is -0.352 e. The third-order valence-electron chi connectivity index (χ3n) is 5.79. The van der Waals surface area contributed by atoms with Gasteiger partial charge in [0.2, 0.25) is 0 Å². The number of pyridine rings is 1. The van der Waals surface area contributed by atoms with E-state index in [-0.39, 0.29) is 5.41 Å². The molecule has 0 amide bonds. The molecule has 1 aliphatic heterocycles. The molecule has 4 heteroatoms. The highest BCUT2D eigenvalue weighted by molar-refractivity contribution is 7.80. The first-order valence-corrected chi connectivity index (χ1v) is 10.1. The summed E-state index contributed by atoms with van der Waals surface area (Å²) in [6.45, 7) is 9.79. The van der Waals surface area contributed by atoms with E-state index in [1.807, 2.05) is 12.3 Å². The van der Waals surface area contributed by atoms with Gasteiger partial charge in [-0.25, -0.2) is 0 Å². The second-order valence-electron chi connectivity index (χ2n) is 7.72. The molecule has 1 aliphatic carbocycles. The van der Waals surface area contributed by atoms with E-state index in [0.717, 1.165) is 49.7 Å². The lowest BCUT2D eigenvalue weighted by atomic mass is 9.66. The van der Waals surface area contributed by atoms with Gasteiger partial charge < -0.3 is 4.90 Å². The minimum absolute atomic E-state index is 0.154. The number of hydrogen-bond donors (Lipinski definition) is 0. The molecule has 0 radical (unpaired) electrons. The van der Waals surface area contributed by atoms with Gasteiger partial charge in [-0.2, -0.15) is 0 Å². The number of hydrogen-bond acceptors (Lipinski definition) is 3. The Labute approximate surface area is 158 Å². The maximum absolute atomic E-state index is 6.16. The fourth-order valence-corrected chi connectivity index (χ4v) is 4.85. The van der Waals surface area contributed by atoms with Gasteiger partial charge in [0.05, 0.1) is 22.8 Å². The van der Waals surface area contributed by atoms with Crippen LogP contribution in [0.2, 0.25) is 0 Å². The van der Waals surface area contributed by atoms with Crippen molar-refractivity contribution in [3.05, 3.63) is 42.2 Å². The lowest BCUT2D eigenvalue weighted by Crippen LogP contribution is -2.65. The Kier molecular flexibility index (Phi) is 5.90. The molecule has 1 fully saturated rings. The van der Waals surface area contributed by atoms with E-state index in [1.54, 1.807) is 0 Å². The molecule has 3 nitrogen and oxygen atoms in total. The maximum atomic E-state index is 6.16. The highest BCUT2D eigenvalue weighted by Crippen LogP contribution is 2.44. The normalized spacial score (nSPS) is 27.9. The number of allylic oxidation sites excluding steroid dienone is 2. The Morgan fingerprint density at radius 1 is 1.32 bits per heavy atom. The molecular weight excluding hydrogens is 326 g/mol. The fraction of sp³-hybridized carbons (Fsp3) is 0.619. The van der Waals surface area contributed by atoms with Gasteiger partial charge in [-0.15, -0.1) is 0 Å². The smallest absolute Gasteiger partial charge is 0.0928 e. The molecule has 3 rings (SSSR count). The first-order valence-electron chi connectivity index (χ1n) is 9.69. The van der Waals surface area contributed by atoms with Crippen molar-refractivity contribution in [2.24, 2.45) is 5.92 Å². The second-order valence-corrected chi connectivity index (χ2v) is 8.11. The summed E-state index contributed by atoms with van der Waals surface area (Å²) in [6, 6.07) is 6.82. The van der Waals surface area contributed by atoms with Crippen LogP contribution < -0.4 is 0 Å². The van der Waals surface area contributed by atoms with Crippen molar-refractivity contribution in [3.63, 3.8) is 0 Å². The van der Waals surface area contributed by atoms with E-state index in [2.05, 4.69) is 54.9 Å². The van der Waals surface area contributed by atoms with Gasteiger partial charge in [0.15, 0.2) is 0 Å². The first-order chi connectivity index (χ1) is 12.1. The highest BCUT2D eigenvalue weighted by atomic mass is 32.1. The van der Waals surface area contributed by atoms with E-state index < -0.39 is 0 Å². The highest BCUT2D eigenvalue weighted by Gasteiger charge is 2.50. The molecule has 136 valence electrons. The quantitative estimate of drug-likeness (QED) is 0.574. The fourth-order valence-electron chi connectivity index (χ4n) is 4.36. The Hall–Kier alpha value is -1.26. The van der Waals surface area contributed by atoms with Crippen LogP contribution in [0.25, 0.3) is 0 Å². The van der Waals surface area contributed by atoms with Gasteiger partial charge in [-0.3, -0.25) is 9.88 Å². The summed E-state index contributed by atoms with van der Waals surface area (Å²) in [4.78, 5) is 11.0. The zero-order chi connectivity index (χ0) is 17.9. The van der Waals surface area contributed by atoms with Crippen molar-refractivity contribution in [1.29, 1.82) is 0 Å². The van der Waals surface area contributed by atoms with Gasteiger partial charge in [-0.05, 0) is 57.6 Å². The van der Waals surface area contributed by atoms with E-state index in [9.17, 15) is 0 Å². The molecule has 1 saturated heterocycles. The molecule has 0 saturated carbocycles. The van der Waals surface area contributed by atoms with E-state index in [1.165, 1.54) is 6.42 Å². The van der Waals surface area contributed by atoms with Crippen molar-refractivity contribution in [2.45, 2.75) is 57.9 Å². The second kappa shape index (κ2) is 7.96. The van der Waals surface area contributed by atoms with E-state index in [0.29, 0.717) is 12.0 Å². The third-order valence-corrected chi connectivity index (χ3v) is 6.41. The molecule has 2 aliphatic rings. The van der Waals surface area contributed by atoms with Crippen LogP contribution in [0, 0.1) is 5.92 Å². The summed E-state index contributed by atoms with van der Waals surface area (Å²) in [6.07, 6.45) is 11.2. The first kappa shape index (κ1) is 18.5. The zero-order valence-corrected chi connectivity index (χ0v) is 16.6. The Balaban J connectivity index is 2.09. The maximum Gasteiger partial charge on any atom is 0.0928 e. The van der Waals surface area contributed by atoms with Gasteiger partial charge >= 0.3 is 0 Å². The summed E-state index contributed by atoms with van der Waals surface area (Å²) in [7, 11) is 0. The van der Waals surface area contributed by atoms with E-state index in [4.69, 9.17) is 17.2 Å². The number of aromatic nitrogens is 1. The summed E-state index contributed by atoms with van der Waals surface area (Å²) in [5, 5.41) is 0. The summed E-state index contributed by atoms with van der Waals surface area (Å²) < 4.78 is 0. The molecule has 2 unspecified atom stereocenters. The zero-order valence-electron chi connectivity index (χ0n) is 15.8. The molecule has 0 aromatic carbocycles. The molecule has 1 aromatic rings. The average Bonchev–Trinajstić information content (AvgIpc) is 2.65. The minimum atomic E-state index is -0.154. The lowest BCUT2D eigenvalue weighted by Gasteiger charge is -2.53. The van der Waals surface area contributed by atoms with Gasteiger partial charge in [0.25, 0.3) is 0 Å². The average molecular weight is 358 g/mol. The van der Waals surface area contributed by atoms with Gasteiger partial charge in [-0.1, -0.05) is 37.4 Å². The van der Waals surface area contributed by atoms with Crippen molar-refractivity contribution in [3.8, 4) is 0 Å². The van der Waals surface area contributed by atoms with Crippen LogP contribution in [0.15, 0.2) is 36.5 Å². The number of nitrogens with zero attached hydrogens (tertiary/aromatic N) is 3. The molecule has 0 spiro atoms. The van der Waals surface area contributed by atoms with Crippen LogP contribution in [-0.4, -0.2) is 45.6 Å². The molecular formula is C21H31N3S. The Morgan fingerprint density at radius 3 is 2.76 bits per heavy atom. The van der Waals surface area contributed by atoms with Crippen LogP contribution in [-0.2, 0) is 5.41 Å². The van der Waals surface area contributed by atoms with Crippen LogP contribution in [0.4, 0.5) is 0 Å². The van der Waals surface area contributed by atoms with Gasteiger partial charge in [0.1, 0.15) is 0 Å². The van der Waals surface area contributed by atoms with Crippen LogP contribution in [0.5, 0.6) is 0 Å². The largest absolute Gasteiger partial charge is 0.352 e. The Morgan fingerprint density at radius 2 is 2.16 bits per heavy atom. The number of thiocarbonyl (C=S) groups is 1. The molecule has 0 N–H and O–H groups in total. The molecule has 1 aromatic heterocycles. The summed E-state index contributed by atoms with van der Waals surface area (Å²) in [5.74, 6) is 0.529. The van der Waals surface area contributed by atoms with Crippen molar-refractivity contribution in [2.75, 3.05) is 19.8 Å². The van der Waals surface area contributed by atoms with E-state index >= 15 is 0 Å². The summed E-state index contributed by atoms with van der Waals surface area (Å²) in [5.41, 5.74) is 1.01. The van der Waals surface area contributed by atoms with Crippen molar-refractivity contribution in [1.82, 2.24) is 14.8 Å². The van der Waals surface area contributed by atoms with Crippen LogP contribution >= 0.6 is 12.2 Å². The SMILES string of the molecule is CCCN1CN(C(C)C)CC(c2ccccn2)(C2CC=CCC2)C1=S. The monoisotopic (exact) mass is 357 g/mol. The van der Waals surface area contributed by atoms with Crippen LogP contribution in [0.3, 0.4) is 0 Å². The van der Waals surface area contributed by atoms with Gasteiger partial charge in [0, 0.05) is 25.3 Å². The molecule has 2 heterocycles. The standard InChI is InChI=1S/C21H31N3S/c1-4-14-23-16-24(17(2)3)15-21(20(23)25,18-10-6-5-7-11-18)19-12-8-9-13-22-19/h5-6,8-9,12-13,17-18H,4,7,10-11,14-16H2,1-3H3. The van der Waals surface area contributed by atoms with Crippen molar-refractivity contribution < 1.29 is 0 Å². The Bertz CT molecular complexity index is 613. The topological polar surface area (TPSA) is 19.4 Å².